The Morgan fingerprint density at radius 3 is 2.50 bits per heavy atom. The largest absolute Gasteiger partial charge is 0.465 e. The molecule has 0 aromatic heterocycles. The molecule has 1 aromatic carbocycles. The number of aldehydes is 2. The van der Waals surface area contributed by atoms with Crippen LogP contribution in [-0.4, -0.2) is 25.7 Å². The number of esters is 1. The minimum atomic E-state index is -0.629. The molecule has 0 bridgehead atoms. The van der Waals surface area contributed by atoms with Crippen molar-refractivity contribution in [3.05, 3.63) is 34.9 Å². The van der Waals surface area contributed by atoms with Gasteiger partial charge in [-0.1, -0.05) is 12.1 Å². The lowest BCUT2D eigenvalue weighted by atomic mass is 10.0. The molecule has 0 aliphatic heterocycles. The fourth-order valence-corrected chi connectivity index (χ4v) is 1.11. The first kappa shape index (κ1) is 10.1. The number of rotatable bonds is 3. The van der Waals surface area contributed by atoms with E-state index in [1.807, 2.05) is 0 Å². The zero-order valence-corrected chi connectivity index (χ0v) is 7.52. The third kappa shape index (κ3) is 1.69. The molecule has 0 unspecified atom stereocenters. The first-order valence-electron chi connectivity index (χ1n) is 3.86. The number of methoxy groups -OCH3 is 1. The molecule has 0 amide bonds. The maximum absolute atomic E-state index is 11.2. The highest BCUT2D eigenvalue weighted by Crippen LogP contribution is 2.12. The highest BCUT2D eigenvalue weighted by molar-refractivity contribution is 6.03. The third-order valence-corrected chi connectivity index (χ3v) is 1.79. The molecule has 0 N–H and O–H groups in total. The number of benzene rings is 1. The maximum Gasteiger partial charge on any atom is 0.338 e. The minimum Gasteiger partial charge on any atom is -0.465 e. The van der Waals surface area contributed by atoms with Gasteiger partial charge in [-0.3, -0.25) is 9.59 Å². The van der Waals surface area contributed by atoms with Gasteiger partial charge in [0.15, 0.2) is 12.6 Å². The van der Waals surface area contributed by atoms with Crippen LogP contribution in [0.1, 0.15) is 31.1 Å². The van der Waals surface area contributed by atoms with Gasteiger partial charge in [0.05, 0.1) is 12.7 Å². The van der Waals surface area contributed by atoms with Gasteiger partial charge in [0.1, 0.15) is 0 Å². The van der Waals surface area contributed by atoms with Crippen LogP contribution in [0.5, 0.6) is 0 Å². The number of carbonyl (C=O) groups excluding carboxylic acids is 3. The fraction of sp³-hybridized carbons (Fsp3) is 0.100. The smallest absolute Gasteiger partial charge is 0.338 e. The summed E-state index contributed by atoms with van der Waals surface area (Å²) in [6.07, 6.45) is 0.992. The standard InChI is InChI=1S/C10H8O4/c1-14-10(13)8-4-2-3-7(5-11)9(8)6-12/h2-6H,1H3. The molecule has 0 saturated heterocycles. The molecule has 1 aromatic rings. The second-order valence-electron chi connectivity index (χ2n) is 2.54. The summed E-state index contributed by atoms with van der Waals surface area (Å²) in [6.45, 7) is 0. The van der Waals surface area contributed by atoms with Gasteiger partial charge in [-0.15, -0.1) is 0 Å². The van der Waals surface area contributed by atoms with Gasteiger partial charge in [0.25, 0.3) is 0 Å². The Bertz CT molecular complexity index is 382. The van der Waals surface area contributed by atoms with Crippen LogP contribution < -0.4 is 0 Å². The lowest BCUT2D eigenvalue weighted by Gasteiger charge is -2.03. The van der Waals surface area contributed by atoms with Crippen molar-refractivity contribution < 1.29 is 19.1 Å². The summed E-state index contributed by atoms with van der Waals surface area (Å²) in [5.74, 6) is -0.629. The van der Waals surface area contributed by atoms with E-state index in [0.717, 1.165) is 0 Å². The Hall–Kier alpha value is -1.97. The van der Waals surface area contributed by atoms with E-state index in [0.29, 0.717) is 12.6 Å². The molecule has 14 heavy (non-hydrogen) atoms. The van der Waals surface area contributed by atoms with Crippen molar-refractivity contribution in [3.8, 4) is 0 Å². The van der Waals surface area contributed by atoms with Crippen LogP contribution in [0.2, 0.25) is 0 Å². The second-order valence-corrected chi connectivity index (χ2v) is 2.54. The number of hydrogen-bond acceptors (Lipinski definition) is 4. The van der Waals surface area contributed by atoms with E-state index in [-0.39, 0.29) is 16.7 Å². The molecular formula is C10H8O4. The molecule has 0 fully saturated rings. The summed E-state index contributed by atoms with van der Waals surface area (Å²) >= 11 is 0. The second kappa shape index (κ2) is 4.32. The van der Waals surface area contributed by atoms with E-state index in [1.165, 1.54) is 25.3 Å². The molecular weight excluding hydrogens is 184 g/mol. The van der Waals surface area contributed by atoms with Gasteiger partial charge in [-0.2, -0.15) is 0 Å². The summed E-state index contributed by atoms with van der Waals surface area (Å²) in [4.78, 5) is 32.4. The summed E-state index contributed by atoms with van der Waals surface area (Å²) in [6, 6.07) is 4.41. The van der Waals surface area contributed by atoms with Crippen molar-refractivity contribution in [2.24, 2.45) is 0 Å². The number of carbonyl (C=O) groups is 3. The predicted octanol–water partition coefficient (Wildman–Crippen LogP) is 1.10. The Morgan fingerprint density at radius 1 is 1.29 bits per heavy atom. The lowest BCUT2D eigenvalue weighted by Crippen LogP contribution is -2.07. The Labute approximate surface area is 80.5 Å². The highest BCUT2D eigenvalue weighted by Gasteiger charge is 2.13. The molecule has 0 atom stereocenters. The molecule has 0 aliphatic carbocycles. The maximum atomic E-state index is 11.2. The lowest BCUT2D eigenvalue weighted by molar-refractivity contribution is 0.0598. The van der Waals surface area contributed by atoms with Crippen molar-refractivity contribution >= 4 is 18.5 Å². The summed E-state index contributed by atoms with van der Waals surface area (Å²) < 4.78 is 4.46. The van der Waals surface area contributed by atoms with Crippen LogP contribution in [0.25, 0.3) is 0 Å². The molecule has 0 saturated carbocycles. The summed E-state index contributed by atoms with van der Waals surface area (Å²) in [5.41, 5.74) is 0.351. The quantitative estimate of drug-likeness (QED) is 0.531. The van der Waals surface area contributed by atoms with Crippen LogP contribution in [0, 0.1) is 0 Å². The van der Waals surface area contributed by atoms with Crippen LogP contribution in [0.3, 0.4) is 0 Å². The molecule has 72 valence electrons. The van der Waals surface area contributed by atoms with Gasteiger partial charge in [-0.05, 0) is 6.07 Å². The van der Waals surface area contributed by atoms with Crippen LogP contribution in [0.4, 0.5) is 0 Å². The topological polar surface area (TPSA) is 60.4 Å². The average Bonchev–Trinajstić information content (AvgIpc) is 2.26. The van der Waals surface area contributed by atoms with Crippen molar-refractivity contribution in [2.45, 2.75) is 0 Å². The molecule has 0 radical (unpaired) electrons. The van der Waals surface area contributed by atoms with Gasteiger partial charge in [-0.25, -0.2) is 4.79 Å². The first-order valence-corrected chi connectivity index (χ1v) is 3.86. The highest BCUT2D eigenvalue weighted by atomic mass is 16.5. The van der Waals surface area contributed by atoms with Crippen LogP contribution in [-0.2, 0) is 4.74 Å². The average molecular weight is 192 g/mol. The Morgan fingerprint density at radius 2 is 2.00 bits per heavy atom. The van der Waals surface area contributed by atoms with E-state index in [1.54, 1.807) is 0 Å². The third-order valence-electron chi connectivity index (χ3n) is 1.79. The zero-order valence-electron chi connectivity index (χ0n) is 7.52. The zero-order chi connectivity index (χ0) is 10.6. The summed E-state index contributed by atoms with van der Waals surface area (Å²) in [5, 5.41) is 0. The SMILES string of the molecule is COC(=O)c1cccc(C=O)c1C=O. The minimum absolute atomic E-state index is 0.0642. The van der Waals surface area contributed by atoms with E-state index in [9.17, 15) is 14.4 Å². The molecule has 4 heteroatoms. The van der Waals surface area contributed by atoms with Gasteiger partial charge < -0.3 is 4.74 Å². The monoisotopic (exact) mass is 192 g/mol. The van der Waals surface area contributed by atoms with Gasteiger partial charge in [0.2, 0.25) is 0 Å². The van der Waals surface area contributed by atoms with E-state index < -0.39 is 5.97 Å². The molecule has 1 rings (SSSR count). The van der Waals surface area contributed by atoms with E-state index in [4.69, 9.17) is 0 Å². The molecule has 0 spiro atoms. The number of ether oxygens (including phenoxy) is 1. The van der Waals surface area contributed by atoms with Crippen molar-refractivity contribution in [3.63, 3.8) is 0 Å². The van der Waals surface area contributed by atoms with E-state index in [2.05, 4.69) is 4.74 Å². The summed E-state index contributed by atoms with van der Waals surface area (Å²) in [7, 11) is 1.21. The van der Waals surface area contributed by atoms with Crippen molar-refractivity contribution in [1.29, 1.82) is 0 Å². The van der Waals surface area contributed by atoms with Crippen LogP contribution >= 0.6 is 0 Å². The van der Waals surface area contributed by atoms with Crippen LogP contribution in [0.15, 0.2) is 18.2 Å². The molecule has 4 nitrogen and oxygen atoms in total. The fourth-order valence-electron chi connectivity index (χ4n) is 1.11. The molecule has 0 heterocycles. The normalized spacial score (nSPS) is 9.21. The Balaban J connectivity index is 3.35. The number of hydrogen-bond donors (Lipinski definition) is 0. The first-order chi connectivity index (χ1) is 6.74. The van der Waals surface area contributed by atoms with Gasteiger partial charge >= 0.3 is 5.97 Å². The predicted molar refractivity (Wildman–Crippen MR) is 48.6 cm³/mol. The van der Waals surface area contributed by atoms with Gasteiger partial charge in [0, 0.05) is 11.1 Å². The van der Waals surface area contributed by atoms with E-state index >= 15 is 0 Å². The Kier molecular flexibility index (Phi) is 3.12. The van der Waals surface area contributed by atoms with Crippen molar-refractivity contribution in [1.82, 2.24) is 0 Å². The van der Waals surface area contributed by atoms with Crippen molar-refractivity contribution in [2.75, 3.05) is 7.11 Å². The molecule has 0 aliphatic rings.